The maximum absolute atomic E-state index is 12.8. The Hall–Kier alpha value is -1.42. The lowest BCUT2D eigenvalue weighted by Gasteiger charge is -2.34. The van der Waals surface area contributed by atoms with E-state index in [1.54, 1.807) is 19.1 Å². The molecule has 0 unspecified atom stereocenters. The third-order valence-electron chi connectivity index (χ3n) is 4.09. The van der Waals surface area contributed by atoms with Gasteiger partial charge >= 0.3 is 0 Å². The van der Waals surface area contributed by atoms with Gasteiger partial charge < -0.3 is 5.73 Å². The average molecular weight is 307 g/mol. The highest BCUT2D eigenvalue weighted by Gasteiger charge is 2.32. The average Bonchev–Trinajstić information content (AvgIpc) is 2.46. The van der Waals surface area contributed by atoms with Gasteiger partial charge in [0.15, 0.2) is 0 Å². The zero-order chi connectivity index (χ0) is 15.6. The first kappa shape index (κ1) is 16.0. The Labute approximate surface area is 126 Å². The molecule has 1 fully saturated rings. The van der Waals surface area contributed by atoms with E-state index in [1.807, 2.05) is 13.0 Å². The Kier molecular flexibility index (Phi) is 4.67. The first-order valence-electron chi connectivity index (χ1n) is 7.12. The normalized spacial score (nSPS) is 21.7. The molecule has 1 aliphatic heterocycles. The molecule has 6 heteroatoms. The largest absolute Gasteiger partial charge is 0.328 e. The molecular weight excluding hydrogens is 286 g/mol. The summed E-state index contributed by atoms with van der Waals surface area (Å²) in [5.74, 6) is 0.201. The molecule has 0 bridgehead atoms. The van der Waals surface area contributed by atoms with Crippen molar-refractivity contribution < 1.29 is 8.42 Å². The third kappa shape index (κ3) is 3.26. The van der Waals surface area contributed by atoms with Crippen LogP contribution in [-0.2, 0) is 10.0 Å². The molecule has 0 aromatic heterocycles. The number of sulfonamides is 1. The van der Waals surface area contributed by atoms with Gasteiger partial charge in [-0.15, -0.1) is 0 Å². The second kappa shape index (κ2) is 6.14. The highest BCUT2D eigenvalue weighted by Crippen LogP contribution is 2.27. The molecule has 0 saturated carbocycles. The van der Waals surface area contributed by atoms with E-state index in [1.165, 1.54) is 10.4 Å². The number of hydrogen-bond acceptors (Lipinski definition) is 4. The number of hydrogen-bond donors (Lipinski definition) is 1. The Morgan fingerprint density at radius 1 is 1.48 bits per heavy atom. The summed E-state index contributed by atoms with van der Waals surface area (Å²) in [4.78, 5) is 0.284. The Morgan fingerprint density at radius 3 is 2.76 bits per heavy atom. The monoisotopic (exact) mass is 307 g/mol. The summed E-state index contributed by atoms with van der Waals surface area (Å²) in [6.07, 6.45) is 1.80. The van der Waals surface area contributed by atoms with Crippen LogP contribution in [0.3, 0.4) is 0 Å². The van der Waals surface area contributed by atoms with Gasteiger partial charge in [-0.05, 0) is 56.4 Å². The van der Waals surface area contributed by atoms with Crippen LogP contribution in [0.15, 0.2) is 23.1 Å². The molecule has 0 amide bonds. The fourth-order valence-corrected chi connectivity index (χ4v) is 4.51. The van der Waals surface area contributed by atoms with Crippen molar-refractivity contribution in [2.75, 3.05) is 13.1 Å². The van der Waals surface area contributed by atoms with Crippen molar-refractivity contribution in [3.05, 3.63) is 29.3 Å². The topological polar surface area (TPSA) is 87.2 Å². The molecule has 0 aliphatic carbocycles. The minimum Gasteiger partial charge on any atom is -0.328 e. The molecule has 5 nitrogen and oxygen atoms in total. The van der Waals surface area contributed by atoms with Gasteiger partial charge in [0, 0.05) is 19.1 Å². The first-order valence-corrected chi connectivity index (χ1v) is 8.56. The lowest BCUT2D eigenvalue weighted by Crippen LogP contribution is -2.45. The van der Waals surface area contributed by atoms with Crippen molar-refractivity contribution in [2.45, 2.75) is 37.6 Å². The number of rotatable bonds is 3. The van der Waals surface area contributed by atoms with Gasteiger partial charge in [-0.3, -0.25) is 0 Å². The third-order valence-corrected chi connectivity index (χ3v) is 6.11. The van der Waals surface area contributed by atoms with Crippen LogP contribution in [0.5, 0.6) is 0 Å². The van der Waals surface area contributed by atoms with Crippen molar-refractivity contribution in [1.82, 2.24) is 4.31 Å². The van der Waals surface area contributed by atoms with Gasteiger partial charge in [0.1, 0.15) is 0 Å². The molecule has 1 aromatic rings. The van der Waals surface area contributed by atoms with Crippen LogP contribution in [0, 0.1) is 24.2 Å². The second-order valence-corrected chi connectivity index (χ2v) is 7.62. The summed E-state index contributed by atoms with van der Waals surface area (Å²) in [5.41, 5.74) is 7.00. The maximum Gasteiger partial charge on any atom is 0.243 e. The quantitative estimate of drug-likeness (QED) is 0.919. The van der Waals surface area contributed by atoms with Crippen molar-refractivity contribution in [3.8, 4) is 6.07 Å². The molecule has 0 radical (unpaired) electrons. The molecular formula is C15H21N3O2S. The molecule has 1 heterocycles. The van der Waals surface area contributed by atoms with Crippen LogP contribution in [0.2, 0.25) is 0 Å². The predicted molar refractivity (Wildman–Crippen MR) is 81.0 cm³/mol. The fourth-order valence-electron chi connectivity index (χ4n) is 2.77. The van der Waals surface area contributed by atoms with Crippen LogP contribution in [-0.4, -0.2) is 31.9 Å². The maximum atomic E-state index is 12.8. The van der Waals surface area contributed by atoms with Crippen molar-refractivity contribution >= 4 is 10.0 Å². The standard InChI is InChI=1S/C15H21N3O2S/c1-11-8-13(9-16)5-6-15(11)21(19,20)18-7-3-4-14(10-18)12(2)17/h5-6,8,12,14H,3-4,7,10,17H2,1-2H3/t12-,14+/m0/s1. The van der Waals surface area contributed by atoms with Crippen LogP contribution in [0.1, 0.15) is 30.9 Å². The minimum absolute atomic E-state index is 0.00920. The molecule has 1 aliphatic rings. The summed E-state index contributed by atoms with van der Waals surface area (Å²) < 4.78 is 27.1. The van der Waals surface area contributed by atoms with Crippen molar-refractivity contribution in [1.29, 1.82) is 5.26 Å². The van der Waals surface area contributed by atoms with Crippen LogP contribution in [0.25, 0.3) is 0 Å². The number of nitriles is 1. The number of piperidine rings is 1. The highest BCUT2D eigenvalue weighted by molar-refractivity contribution is 7.89. The number of aryl methyl sites for hydroxylation is 1. The van der Waals surface area contributed by atoms with Gasteiger partial charge in [0.25, 0.3) is 0 Å². The molecule has 21 heavy (non-hydrogen) atoms. The van der Waals surface area contributed by atoms with Crippen molar-refractivity contribution in [2.24, 2.45) is 11.7 Å². The summed E-state index contributed by atoms with van der Waals surface area (Å²) in [7, 11) is -3.52. The molecule has 1 saturated heterocycles. The number of nitrogens with two attached hydrogens (primary N) is 1. The van der Waals surface area contributed by atoms with Gasteiger partial charge in [-0.2, -0.15) is 9.57 Å². The lowest BCUT2D eigenvalue weighted by atomic mass is 9.93. The zero-order valence-electron chi connectivity index (χ0n) is 12.4. The number of benzene rings is 1. The van der Waals surface area contributed by atoms with E-state index >= 15 is 0 Å². The highest BCUT2D eigenvalue weighted by atomic mass is 32.2. The van der Waals surface area contributed by atoms with Crippen LogP contribution >= 0.6 is 0 Å². The van der Waals surface area contributed by atoms with Crippen molar-refractivity contribution in [3.63, 3.8) is 0 Å². The second-order valence-electron chi connectivity index (χ2n) is 5.72. The molecule has 1 aromatic carbocycles. The van der Waals surface area contributed by atoms with E-state index in [9.17, 15) is 8.42 Å². The fraction of sp³-hybridized carbons (Fsp3) is 0.533. The van der Waals surface area contributed by atoms with E-state index in [-0.39, 0.29) is 16.9 Å². The van der Waals surface area contributed by atoms with Gasteiger partial charge in [-0.25, -0.2) is 8.42 Å². The van der Waals surface area contributed by atoms with E-state index in [0.29, 0.717) is 24.2 Å². The summed E-state index contributed by atoms with van der Waals surface area (Å²) >= 11 is 0. The molecule has 0 spiro atoms. The number of nitrogens with zero attached hydrogens (tertiary/aromatic N) is 2. The minimum atomic E-state index is -3.52. The van der Waals surface area contributed by atoms with Gasteiger partial charge in [0.2, 0.25) is 10.0 Å². The van der Waals surface area contributed by atoms with Gasteiger partial charge in [0.05, 0.1) is 16.5 Å². The molecule has 2 rings (SSSR count). The van der Waals surface area contributed by atoms with Gasteiger partial charge in [-0.1, -0.05) is 0 Å². The van der Waals surface area contributed by atoms with E-state index < -0.39 is 10.0 Å². The van der Waals surface area contributed by atoms with E-state index in [4.69, 9.17) is 11.0 Å². The summed E-state index contributed by atoms with van der Waals surface area (Å²) in [6.45, 7) is 4.65. The first-order chi connectivity index (χ1) is 9.86. The van der Waals surface area contributed by atoms with E-state index in [0.717, 1.165) is 12.8 Å². The predicted octanol–water partition coefficient (Wildman–Crippen LogP) is 1.61. The molecule has 2 atom stereocenters. The van der Waals surface area contributed by atoms with E-state index in [2.05, 4.69) is 0 Å². The summed E-state index contributed by atoms with van der Waals surface area (Å²) in [5, 5.41) is 8.88. The van der Waals surface area contributed by atoms with Crippen LogP contribution < -0.4 is 5.73 Å². The molecule has 114 valence electrons. The zero-order valence-corrected chi connectivity index (χ0v) is 13.2. The SMILES string of the molecule is Cc1cc(C#N)ccc1S(=O)(=O)N1CCC[C@@H]([C@H](C)N)C1. The molecule has 2 N–H and O–H groups in total. The van der Waals surface area contributed by atoms with Crippen LogP contribution in [0.4, 0.5) is 0 Å². The smallest absolute Gasteiger partial charge is 0.243 e. The Balaban J connectivity index is 2.32. The Bertz CT molecular complexity index is 662. The Morgan fingerprint density at radius 2 is 2.19 bits per heavy atom. The lowest BCUT2D eigenvalue weighted by molar-refractivity contribution is 0.243. The summed E-state index contributed by atoms with van der Waals surface area (Å²) in [6, 6.07) is 6.70.